The lowest BCUT2D eigenvalue weighted by Gasteiger charge is -2.43. The number of anilines is 5. The van der Waals surface area contributed by atoms with Crippen LogP contribution in [0.3, 0.4) is 0 Å². The van der Waals surface area contributed by atoms with Gasteiger partial charge in [-0.15, -0.1) is 0 Å². The Bertz CT molecular complexity index is 2810. The molecule has 15 nitrogen and oxygen atoms in total. The lowest BCUT2D eigenvalue weighted by molar-refractivity contribution is -0.134. The number of hydrogen-bond donors (Lipinski definition) is 4. The number of nitrogens with one attached hydrogen (secondary N) is 4. The van der Waals surface area contributed by atoms with E-state index in [4.69, 9.17) is 14.7 Å². The van der Waals surface area contributed by atoms with Crippen LogP contribution >= 0.6 is 23.1 Å². The minimum absolute atomic E-state index is 0.218. The van der Waals surface area contributed by atoms with Gasteiger partial charge in [-0.3, -0.25) is 24.8 Å². The van der Waals surface area contributed by atoms with Gasteiger partial charge in [-0.05, 0) is 116 Å². The number of aryl methyl sites for hydroxylation is 2. The van der Waals surface area contributed by atoms with E-state index in [1.165, 1.54) is 16.8 Å². The molecule has 3 saturated heterocycles. The molecule has 6 aromatic rings. The Morgan fingerprint density at radius 2 is 1.69 bits per heavy atom. The van der Waals surface area contributed by atoms with E-state index in [9.17, 15) is 14.2 Å². The fourth-order valence-electron chi connectivity index (χ4n) is 9.65. The first-order valence-corrected chi connectivity index (χ1v) is 26.0. The lowest BCUT2D eigenvalue weighted by Crippen LogP contribution is -2.53. The molecule has 3 aliphatic rings. The minimum Gasteiger partial charge on any atom is -0.494 e. The third kappa shape index (κ3) is 9.77. The van der Waals surface area contributed by atoms with Crippen LogP contribution in [-0.2, 0) is 27.0 Å². The number of carbonyl (C=O) groups is 2. The van der Waals surface area contributed by atoms with Crippen molar-refractivity contribution < 1.29 is 18.9 Å². The topological polar surface area (TPSA) is 174 Å². The third-order valence-corrected chi connectivity index (χ3v) is 15.3. The standard InChI is InChI=1S/C48H57BrN11O4P/c1-6-31-26-40(55-48-50-28-35(49)46(57-48)53-38-13-12-36-33(9-7-29(2)51-36)44(38)65(4,5)63)42(64-3)27-41(31)60-19-16-32(17-20-60)59-23-21-58(22-24-59)18-15-30-8-11-37-39(25-30)54-45(52-37)34-10-14-43(61)56-47(34)62/h7-9,11-13,25-28,32,34H,6,10,14-24H2,1-5H3,(H,52,54)(H,56,61,62)(H2,50,53,55,57). The van der Waals surface area contributed by atoms with Crippen LogP contribution < -0.4 is 30.9 Å². The number of imidazole rings is 1. The Kier molecular flexibility index (Phi) is 13.0. The monoisotopic (exact) mass is 961 g/mol. The van der Waals surface area contributed by atoms with Crippen molar-refractivity contribution >= 4 is 91.0 Å². The maximum Gasteiger partial charge on any atom is 0.237 e. The first-order chi connectivity index (χ1) is 31.3. The van der Waals surface area contributed by atoms with Crippen LogP contribution in [0.15, 0.2) is 65.3 Å². The number of hydrogen-bond acceptors (Lipinski definition) is 13. The Balaban J connectivity index is 0.799. The molecule has 17 heteroatoms. The summed E-state index contributed by atoms with van der Waals surface area (Å²) in [4.78, 5) is 54.0. The van der Waals surface area contributed by atoms with Crippen molar-refractivity contribution in [2.24, 2.45) is 0 Å². The van der Waals surface area contributed by atoms with E-state index < -0.39 is 13.1 Å². The summed E-state index contributed by atoms with van der Waals surface area (Å²) in [6.07, 6.45) is 6.54. The number of nitrogens with zero attached hydrogens (tertiary/aromatic N) is 7. The second kappa shape index (κ2) is 18.8. The van der Waals surface area contributed by atoms with Gasteiger partial charge in [0.05, 0.1) is 45.4 Å². The number of ether oxygens (including phenoxy) is 1. The molecule has 0 bridgehead atoms. The van der Waals surface area contributed by atoms with Crippen molar-refractivity contribution in [2.75, 3.05) is 81.8 Å². The van der Waals surface area contributed by atoms with Crippen LogP contribution in [-0.4, -0.2) is 119 Å². The largest absolute Gasteiger partial charge is 0.494 e. The number of imide groups is 1. The highest BCUT2D eigenvalue weighted by Crippen LogP contribution is 2.42. The van der Waals surface area contributed by atoms with Gasteiger partial charge in [-0.1, -0.05) is 19.1 Å². The molecule has 3 fully saturated rings. The van der Waals surface area contributed by atoms with Gasteiger partial charge in [-0.2, -0.15) is 4.98 Å². The number of H-pyrrole nitrogens is 1. The van der Waals surface area contributed by atoms with E-state index in [1.54, 1.807) is 26.6 Å². The smallest absolute Gasteiger partial charge is 0.237 e. The molecule has 0 aliphatic carbocycles. The quantitative estimate of drug-likeness (QED) is 0.0658. The number of carbonyl (C=O) groups excluding carboxylic acids is 2. The van der Waals surface area contributed by atoms with Crippen molar-refractivity contribution in [3.8, 4) is 5.75 Å². The number of fused-ring (bicyclic) bond motifs is 2. The molecular weight excluding hydrogens is 905 g/mol. The molecule has 1 unspecified atom stereocenters. The first-order valence-electron chi connectivity index (χ1n) is 22.6. The normalized spacial score (nSPS) is 18.1. The van der Waals surface area contributed by atoms with Crippen molar-refractivity contribution in [3.63, 3.8) is 0 Å². The summed E-state index contributed by atoms with van der Waals surface area (Å²) >= 11 is 3.63. The van der Waals surface area contributed by atoms with Crippen LogP contribution in [0.4, 0.5) is 28.8 Å². The number of aromatic nitrogens is 5. The van der Waals surface area contributed by atoms with Gasteiger partial charge in [0.25, 0.3) is 0 Å². The van der Waals surface area contributed by atoms with Crippen molar-refractivity contribution in [3.05, 3.63) is 87.9 Å². The molecule has 2 amide bonds. The molecule has 1 atom stereocenters. The van der Waals surface area contributed by atoms with E-state index >= 15 is 0 Å². The number of amides is 2. The van der Waals surface area contributed by atoms with E-state index in [1.807, 2.05) is 31.2 Å². The average Bonchev–Trinajstić information content (AvgIpc) is 3.72. The summed E-state index contributed by atoms with van der Waals surface area (Å²) < 4.78 is 20.3. The maximum atomic E-state index is 13.7. The first kappa shape index (κ1) is 44.8. The molecule has 0 spiro atoms. The van der Waals surface area contributed by atoms with E-state index in [2.05, 4.69) is 98.8 Å². The zero-order chi connectivity index (χ0) is 45.4. The SMILES string of the molecule is CCc1cc(Nc2ncc(Br)c(Nc3ccc4nc(C)ccc4c3P(C)(C)=O)n2)c(OC)cc1N1CCC(N2CCN(CCc3ccc4[nH]c(C5CCC(=O)NC5=O)nc4c3)CC2)CC1. The number of piperidine rings is 2. The molecular formula is C48H57BrN11O4P. The molecule has 0 radical (unpaired) electrons. The van der Waals surface area contributed by atoms with Crippen molar-refractivity contribution in [2.45, 2.75) is 64.3 Å². The molecule has 340 valence electrons. The number of methoxy groups -OCH3 is 1. The number of pyridine rings is 1. The number of rotatable bonds is 13. The number of halogens is 1. The Hall–Kier alpha value is -5.41. The molecule has 3 aliphatic heterocycles. The predicted octanol–water partition coefficient (Wildman–Crippen LogP) is 7.63. The number of aromatic amines is 1. The summed E-state index contributed by atoms with van der Waals surface area (Å²) in [5.41, 5.74) is 8.65. The van der Waals surface area contributed by atoms with Gasteiger partial charge in [0.15, 0.2) is 0 Å². The van der Waals surface area contributed by atoms with E-state index in [0.29, 0.717) is 46.6 Å². The average molecular weight is 963 g/mol. The molecule has 3 aromatic carbocycles. The van der Waals surface area contributed by atoms with E-state index in [-0.39, 0.29) is 11.8 Å². The Morgan fingerprint density at radius 1 is 0.892 bits per heavy atom. The molecule has 4 N–H and O–H groups in total. The van der Waals surface area contributed by atoms with Gasteiger partial charge < -0.3 is 34.7 Å². The van der Waals surface area contributed by atoms with Gasteiger partial charge in [-0.25, -0.2) is 9.97 Å². The molecule has 65 heavy (non-hydrogen) atoms. The van der Waals surface area contributed by atoms with Gasteiger partial charge in [0.1, 0.15) is 24.5 Å². The zero-order valence-corrected chi connectivity index (χ0v) is 40.2. The van der Waals surface area contributed by atoms with Gasteiger partial charge in [0.2, 0.25) is 17.8 Å². The highest BCUT2D eigenvalue weighted by Gasteiger charge is 2.31. The van der Waals surface area contributed by atoms with Crippen molar-refractivity contribution in [1.29, 1.82) is 0 Å². The fourth-order valence-corrected chi connectivity index (χ4v) is 11.4. The second-order valence-electron chi connectivity index (χ2n) is 17.8. The highest BCUT2D eigenvalue weighted by molar-refractivity contribution is 9.10. The summed E-state index contributed by atoms with van der Waals surface area (Å²) in [6, 6.07) is 19.0. The van der Waals surface area contributed by atoms with Crippen LogP contribution in [0.2, 0.25) is 0 Å². The van der Waals surface area contributed by atoms with Crippen molar-refractivity contribution in [1.82, 2.24) is 40.0 Å². The van der Waals surface area contributed by atoms with Crippen LogP contribution in [0, 0.1) is 6.92 Å². The lowest BCUT2D eigenvalue weighted by atomic mass is 9.98. The van der Waals surface area contributed by atoms with Gasteiger partial charge in [0, 0.05) is 92.6 Å². The number of piperazine rings is 1. The summed E-state index contributed by atoms with van der Waals surface area (Å²) in [6.45, 7) is 14.9. The summed E-state index contributed by atoms with van der Waals surface area (Å²) in [5, 5.41) is 10.9. The minimum atomic E-state index is -2.72. The predicted molar refractivity (Wildman–Crippen MR) is 262 cm³/mol. The van der Waals surface area contributed by atoms with Crippen LogP contribution in [0.5, 0.6) is 5.75 Å². The Morgan fingerprint density at radius 3 is 2.43 bits per heavy atom. The fraction of sp³-hybridized carbons (Fsp3) is 0.417. The molecule has 9 rings (SSSR count). The summed E-state index contributed by atoms with van der Waals surface area (Å²) in [5.74, 6) is 1.38. The second-order valence-corrected chi connectivity index (χ2v) is 21.8. The number of benzene rings is 3. The Labute approximate surface area is 388 Å². The van der Waals surface area contributed by atoms with Gasteiger partial charge >= 0.3 is 0 Å². The molecule has 6 heterocycles. The molecule has 0 saturated carbocycles. The zero-order valence-electron chi connectivity index (χ0n) is 37.7. The third-order valence-electron chi connectivity index (χ3n) is 13.1. The highest BCUT2D eigenvalue weighted by atomic mass is 79.9. The molecule has 3 aromatic heterocycles. The summed E-state index contributed by atoms with van der Waals surface area (Å²) in [7, 11) is -1.03. The van der Waals surface area contributed by atoms with Crippen LogP contribution in [0.1, 0.15) is 61.2 Å². The van der Waals surface area contributed by atoms with E-state index in [0.717, 1.165) is 116 Å². The maximum absolute atomic E-state index is 13.7. The van der Waals surface area contributed by atoms with Crippen LogP contribution in [0.25, 0.3) is 21.9 Å².